The van der Waals surface area contributed by atoms with E-state index in [1.165, 1.54) is 12.1 Å². The zero-order chi connectivity index (χ0) is 17.9. The van der Waals surface area contributed by atoms with Crippen molar-refractivity contribution in [1.29, 1.82) is 0 Å². The van der Waals surface area contributed by atoms with Crippen molar-refractivity contribution in [3.63, 3.8) is 0 Å². The minimum absolute atomic E-state index is 0.295. The molecule has 0 aliphatic heterocycles. The Bertz CT molecular complexity index is 662. The number of thioether (sulfide) groups is 1. The first-order valence-corrected chi connectivity index (χ1v) is 9.50. The van der Waals surface area contributed by atoms with Crippen LogP contribution in [0.4, 0.5) is 4.39 Å². The number of rotatable bonds is 8. The Morgan fingerprint density at radius 1 is 1.20 bits per heavy atom. The summed E-state index contributed by atoms with van der Waals surface area (Å²) in [6.45, 7) is 4.25. The maximum atomic E-state index is 12.9. The molecule has 2 N–H and O–H groups in total. The number of nitrogens with zero attached hydrogens (tertiary/aromatic N) is 2. The van der Waals surface area contributed by atoms with Gasteiger partial charge in [-0.3, -0.25) is 0 Å². The van der Waals surface area contributed by atoms with Crippen LogP contribution in [-0.2, 0) is 6.54 Å². The summed E-state index contributed by atoms with van der Waals surface area (Å²) >= 11 is 1.79. The molecule has 1 heterocycles. The van der Waals surface area contributed by atoms with E-state index in [4.69, 9.17) is 4.74 Å². The van der Waals surface area contributed by atoms with E-state index < -0.39 is 0 Å². The Morgan fingerprint density at radius 2 is 2.00 bits per heavy atom. The van der Waals surface area contributed by atoms with Gasteiger partial charge >= 0.3 is 0 Å². The summed E-state index contributed by atoms with van der Waals surface area (Å²) in [5.41, 5.74) is 0.980. The van der Waals surface area contributed by atoms with Gasteiger partial charge in [0.1, 0.15) is 11.6 Å². The fraction of sp³-hybridized carbons (Fsp3) is 0.333. The molecule has 2 rings (SSSR count). The van der Waals surface area contributed by atoms with Gasteiger partial charge in [0.05, 0.1) is 6.54 Å². The maximum absolute atomic E-state index is 12.9. The third-order valence-corrected chi connectivity index (χ3v) is 3.81. The summed E-state index contributed by atoms with van der Waals surface area (Å²) in [6.07, 6.45) is 3.81. The minimum Gasteiger partial charge on any atom is -0.439 e. The van der Waals surface area contributed by atoms with Gasteiger partial charge in [0.25, 0.3) is 0 Å². The summed E-state index contributed by atoms with van der Waals surface area (Å²) in [4.78, 5) is 8.81. The highest BCUT2D eigenvalue weighted by atomic mass is 32.2. The van der Waals surface area contributed by atoms with Crippen molar-refractivity contribution >= 4 is 17.7 Å². The molecule has 0 fully saturated rings. The van der Waals surface area contributed by atoms with Crippen molar-refractivity contribution in [3.05, 3.63) is 54.0 Å². The summed E-state index contributed by atoms with van der Waals surface area (Å²) in [6, 6.07) is 9.54. The highest BCUT2D eigenvalue weighted by molar-refractivity contribution is 7.98. The van der Waals surface area contributed by atoms with E-state index in [0.717, 1.165) is 30.4 Å². The molecule has 0 aliphatic rings. The zero-order valence-corrected chi connectivity index (χ0v) is 15.3. The van der Waals surface area contributed by atoms with E-state index in [2.05, 4.69) is 26.9 Å². The molecule has 0 aliphatic carbocycles. The molecule has 0 unspecified atom stereocenters. The van der Waals surface area contributed by atoms with Crippen LogP contribution in [0.15, 0.2) is 47.6 Å². The molecule has 25 heavy (non-hydrogen) atoms. The highest BCUT2D eigenvalue weighted by Gasteiger charge is 2.01. The van der Waals surface area contributed by atoms with Crippen LogP contribution in [0.2, 0.25) is 0 Å². The smallest absolute Gasteiger partial charge is 0.219 e. The van der Waals surface area contributed by atoms with Crippen molar-refractivity contribution in [2.45, 2.75) is 13.5 Å². The van der Waals surface area contributed by atoms with E-state index >= 15 is 0 Å². The first-order valence-electron chi connectivity index (χ1n) is 8.10. The van der Waals surface area contributed by atoms with Gasteiger partial charge in [-0.25, -0.2) is 14.4 Å². The molecule has 7 heteroatoms. The second-order valence-electron chi connectivity index (χ2n) is 5.18. The minimum atomic E-state index is -0.295. The van der Waals surface area contributed by atoms with Crippen molar-refractivity contribution in [1.82, 2.24) is 15.6 Å². The summed E-state index contributed by atoms with van der Waals surface area (Å²) < 4.78 is 18.5. The Kier molecular flexibility index (Phi) is 8.04. The van der Waals surface area contributed by atoms with Crippen LogP contribution in [0.3, 0.4) is 0 Å². The summed E-state index contributed by atoms with van der Waals surface area (Å²) in [5, 5.41) is 6.50. The fourth-order valence-electron chi connectivity index (χ4n) is 1.97. The van der Waals surface area contributed by atoms with E-state index in [9.17, 15) is 4.39 Å². The number of hydrogen-bond donors (Lipinski definition) is 2. The number of halogens is 1. The Hall–Kier alpha value is -2.28. The molecule has 0 atom stereocenters. The first-order chi connectivity index (χ1) is 12.2. The molecule has 5 nitrogen and oxygen atoms in total. The van der Waals surface area contributed by atoms with Gasteiger partial charge in [-0.05, 0) is 43.0 Å². The number of hydrogen-bond acceptors (Lipinski definition) is 4. The number of pyridine rings is 1. The first kappa shape index (κ1) is 19.1. The Morgan fingerprint density at radius 3 is 2.64 bits per heavy atom. The molecule has 0 saturated heterocycles. The number of aliphatic imine (C=N–C) groups is 1. The van der Waals surface area contributed by atoms with Crippen LogP contribution >= 0.6 is 11.8 Å². The molecule has 1 aromatic heterocycles. The summed E-state index contributed by atoms with van der Waals surface area (Å²) in [5.74, 6) is 2.54. The molecular weight excluding hydrogens is 339 g/mol. The van der Waals surface area contributed by atoms with Gasteiger partial charge in [-0.15, -0.1) is 0 Å². The number of aromatic nitrogens is 1. The predicted molar refractivity (Wildman–Crippen MR) is 102 cm³/mol. The lowest BCUT2D eigenvalue weighted by Crippen LogP contribution is -2.38. The lowest BCUT2D eigenvalue weighted by molar-refractivity contribution is 0.461. The van der Waals surface area contributed by atoms with E-state index in [-0.39, 0.29) is 5.82 Å². The number of guanidine groups is 1. The van der Waals surface area contributed by atoms with Crippen LogP contribution in [0.25, 0.3) is 0 Å². The molecular formula is C18H23FN4OS. The summed E-state index contributed by atoms with van der Waals surface area (Å²) in [7, 11) is 0. The highest BCUT2D eigenvalue weighted by Crippen LogP contribution is 2.19. The van der Waals surface area contributed by atoms with Crippen LogP contribution in [0, 0.1) is 5.82 Å². The van der Waals surface area contributed by atoms with Crippen molar-refractivity contribution < 1.29 is 9.13 Å². The molecule has 2 aromatic rings. The number of ether oxygens (including phenoxy) is 1. The van der Waals surface area contributed by atoms with Gasteiger partial charge in [-0.1, -0.05) is 6.07 Å². The molecule has 0 radical (unpaired) electrons. The molecule has 0 amide bonds. The van der Waals surface area contributed by atoms with Crippen molar-refractivity contribution in [2.75, 3.05) is 25.1 Å². The maximum Gasteiger partial charge on any atom is 0.219 e. The lowest BCUT2D eigenvalue weighted by atomic mass is 10.3. The third kappa shape index (κ3) is 7.01. The number of nitrogens with one attached hydrogen (secondary N) is 2. The van der Waals surface area contributed by atoms with E-state index in [1.54, 1.807) is 36.2 Å². The zero-order valence-electron chi connectivity index (χ0n) is 14.5. The van der Waals surface area contributed by atoms with Crippen LogP contribution in [0.5, 0.6) is 11.6 Å². The topological polar surface area (TPSA) is 58.5 Å². The average Bonchev–Trinajstić information content (AvgIpc) is 2.63. The SMILES string of the molecule is CCNC(=NCc1ccc(Oc2ccc(F)cc2)nc1)NCCSC. The second kappa shape index (κ2) is 10.6. The Labute approximate surface area is 152 Å². The molecule has 134 valence electrons. The van der Waals surface area contributed by atoms with Crippen LogP contribution in [0.1, 0.15) is 12.5 Å². The number of benzene rings is 1. The second-order valence-corrected chi connectivity index (χ2v) is 6.16. The molecule has 0 saturated carbocycles. The quantitative estimate of drug-likeness (QED) is 0.428. The van der Waals surface area contributed by atoms with Crippen molar-refractivity contribution in [3.8, 4) is 11.6 Å². The normalized spacial score (nSPS) is 11.2. The van der Waals surface area contributed by atoms with Gasteiger partial charge in [0.15, 0.2) is 5.96 Å². The predicted octanol–water partition coefficient (Wildman–Crippen LogP) is 3.43. The Balaban J connectivity index is 1.91. The standard InChI is InChI=1S/C18H23FN4OS/c1-3-20-18(21-10-11-25-2)23-13-14-4-9-17(22-12-14)24-16-7-5-15(19)6-8-16/h4-9,12H,3,10-11,13H2,1-2H3,(H2,20,21,23). The molecule has 0 bridgehead atoms. The fourth-order valence-corrected chi connectivity index (χ4v) is 2.28. The third-order valence-electron chi connectivity index (χ3n) is 3.20. The molecule has 1 aromatic carbocycles. The van der Waals surface area contributed by atoms with E-state index in [1.807, 2.05) is 13.0 Å². The largest absolute Gasteiger partial charge is 0.439 e. The molecule has 0 spiro atoms. The van der Waals surface area contributed by atoms with E-state index in [0.29, 0.717) is 18.2 Å². The van der Waals surface area contributed by atoms with Gasteiger partial charge in [-0.2, -0.15) is 11.8 Å². The lowest BCUT2D eigenvalue weighted by Gasteiger charge is -2.10. The van der Waals surface area contributed by atoms with Gasteiger partial charge < -0.3 is 15.4 Å². The van der Waals surface area contributed by atoms with Crippen LogP contribution in [-0.4, -0.2) is 36.0 Å². The van der Waals surface area contributed by atoms with Crippen molar-refractivity contribution in [2.24, 2.45) is 4.99 Å². The van der Waals surface area contributed by atoms with Gasteiger partial charge in [0, 0.05) is 31.1 Å². The monoisotopic (exact) mass is 362 g/mol. The average molecular weight is 362 g/mol. The van der Waals surface area contributed by atoms with Gasteiger partial charge in [0.2, 0.25) is 5.88 Å². The van der Waals surface area contributed by atoms with Crippen LogP contribution < -0.4 is 15.4 Å².